The Bertz CT molecular complexity index is 368. The van der Waals surface area contributed by atoms with Crippen LogP contribution in [0.5, 0.6) is 5.75 Å². The number of hydrogen-bond acceptors (Lipinski definition) is 4. The molecular weight excluding hydrogens is 204 g/mol. The van der Waals surface area contributed by atoms with E-state index in [4.69, 9.17) is 10.5 Å². The molecule has 1 aliphatic rings. The molecule has 1 fully saturated rings. The van der Waals surface area contributed by atoms with E-state index in [2.05, 4.69) is 11.8 Å². The standard InChI is InChI=1S/C12H18N2O2/c1-9-7-14(4-5-16-9)8-10-2-3-12(15)11(13)6-10/h2-3,6,9,15H,4-5,7-8,13H2,1H3. The number of hydrogen-bond donors (Lipinski definition) is 2. The molecule has 1 aromatic rings. The lowest BCUT2D eigenvalue weighted by Gasteiger charge is -2.31. The molecule has 0 saturated carbocycles. The molecule has 0 bridgehead atoms. The number of ether oxygens (including phenoxy) is 1. The van der Waals surface area contributed by atoms with Crippen LogP contribution in [0.2, 0.25) is 0 Å². The maximum absolute atomic E-state index is 9.33. The normalized spacial score (nSPS) is 22.2. The minimum atomic E-state index is 0.152. The fraction of sp³-hybridized carbons (Fsp3) is 0.500. The van der Waals surface area contributed by atoms with Gasteiger partial charge in [-0.3, -0.25) is 4.90 Å². The fourth-order valence-electron chi connectivity index (χ4n) is 1.99. The van der Waals surface area contributed by atoms with Crippen LogP contribution in [0.3, 0.4) is 0 Å². The first-order valence-electron chi connectivity index (χ1n) is 5.56. The molecule has 1 atom stereocenters. The van der Waals surface area contributed by atoms with Gasteiger partial charge in [0.05, 0.1) is 18.4 Å². The summed E-state index contributed by atoms with van der Waals surface area (Å²) in [5.74, 6) is 0.152. The predicted molar refractivity (Wildman–Crippen MR) is 63.2 cm³/mol. The second-order valence-electron chi connectivity index (χ2n) is 4.31. The minimum Gasteiger partial charge on any atom is -0.506 e. The van der Waals surface area contributed by atoms with Gasteiger partial charge in [-0.15, -0.1) is 0 Å². The van der Waals surface area contributed by atoms with Gasteiger partial charge in [0.25, 0.3) is 0 Å². The molecule has 1 aliphatic heterocycles. The summed E-state index contributed by atoms with van der Waals surface area (Å²) in [7, 11) is 0. The lowest BCUT2D eigenvalue weighted by molar-refractivity contribution is -0.0212. The van der Waals surface area contributed by atoms with Crippen molar-refractivity contribution < 1.29 is 9.84 Å². The molecule has 16 heavy (non-hydrogen) atoms. The number of nitrogens with zero attached hydrogens (tertiary/aromatic N) is 1. The van der Waals surface area contributed by atoms with Crippen molar-refractivity contribution in [3.8, 4) is 5.75 Å². The number of phenolic OH excluding ortho intramolecular Hbond substituents is 1. The molecule has 1 heterocycles. The van der Waals surface area contributed by atoms with Crippen LogP contribution in [0, 0.1) is 0 Å². The van der Waals surface area contributed by atoms with Crippen molar-refractivity contribution in [3.63, 3.8) is 0 Å². The van der Waals surface area contributed by atoms with Gasteiger partial charge in [0, 0.05) is 19.6 Å². The second kappa shape index (κ2) is 4.72. The molecule has 0 aliphatic carbocycles. The van der Waals surface area contributed by atoms with Crippen molar-refractivity contribution in [1.29, 1.82) is 0 Å². The van der Waals surface area contributed by atoms with Gasteiger partial charge in [0.1, 0.15) is 5.75 Å². The molecule has 1 saturated heterocycles. The van der Waals surface area contributed by atoms with E-state index in [0.29, 0.717) is 11.8 Å². The van der Waals surface area contributed by atoms with E-state index in [9.17, 15) is 5.11 Å². The third-order valence-electron chi connectivity index (χ3n) is 2.82. The summed E-state index contributed by atoms with van der Waals surface area (Å²) < 4.78 is 5.48. The largest absolute Gasteiger partial charge is 0.506 e. The third-order valence-corrected chi connectivity index (χ3v) is 2.82. The maximum Gasteiger partial charge on any atom is 0.138 e. The van der Waals surface area contributed by atoms with Crippen LogP contribution < -0.4 is 5.73 Å². The zero-order valence-electron chi connectivity index (χ0n) is 9.52. The van der Waals surface area contributed by atoms with Crippen LogP contribution in [-0.4, -0.2) is 35.8 Å². The first kappa shape index (κ1) is 11.2. The van der Waals surface area contributed by atoms with Gasteiger partial charge in [-0.1, -0.05) is 6.07 Å². The maximum atomic E-state index is 9.33. The van der Waals surface area contributed by atoms with Crippen LogP contribution in [0.15, 0.2) is 18.2 Å². The Morgan fingerprint density at radius 1 is 1.56 bits per heavy atom. The number of aromatic hydroxyl groups is 1. The van der Waals surface area contributed by atoms with Gasteiger partial charge in [-0.25, -0.2) is 0 Å². The summed E-state index contributed by atoms with van der Waals surface area (Å²) in [6.07, 6.45) is 0.295. The van der Waals surface area contributed by atoms with E-state index >= 15 is 0 Å². The van der Waals surface area contributed by atoms with E-state index in [1.54, 1.807) is 6.07 Å². The second-order valence-corrected chi connectivity index (χ2v) is 4.31. The number of nitrogens with two attached hydrogens (primary N) is 1. The zero-order valence-corrected chi connectivity index (χ0v) is 9.52. The molecule has 3 N–H and O–H groups in total. The number of phenols is 1. The van der Waals surface area contributed by atoms with Crippen molar-refractivity contribution in [2.45, 2.75) is 19.6 Å². The monoisotopic (exact) mass is 222 g/mol. The van der Waals surface area contributed by atoms with Crippen molar-refractivity contribution in [2.75, 3.05) is 25.4 Å². The molecule has 0 spiro atoms. The van der Waals surface area contributed by atoms with Crippen molar-refractivity contribution in [2.24, 2.45) is 0 Å². The molecule has 2 rings (SSSR count). The number of nitrogen functional groups attached to an aromatic ring is 1. The lowest BCUT2D eigenvalue weighted by Crippen LogP contribution is -2.40. The minimum absolute atomic E-state index is 0.152. The van der Waals surface area contributed by atoms with Gasteiger partial charge in [0.15, 0.2) is 0 Å². The van der Waals surface area contributed by atoms with Crippen molar-refractivity contribution >= 4 is 5.69 Å². The van der Waals surface area contributed by atoms with Gasteiger partial charge in [-0.05, 0) is 24.6 Å². The first-order valence-corrected chi connectivity index (χ1v) is 5.56. The molecule has 1 unspecified atom stereocenters. The average Bonchev–Trinajstić information content (AvgIpc) is 2.24. The smallest absolute Gasteiger partial charge is 0.138 e. The van der Waals surface area contributed by atoms with Crippen molar-refractivity contribution in [1.82, 2.24) is 4.90 Å². The Balaban J connectivity index is 2.00. The first-order chi connectivity index (χ1) is 7.65. The Morgan fingerprint density at radius 3 is 3.06 bits per heavy atom. The highest BCUT2D eigenvalue weighted by atomic mass is 16.5. The Labute approximate surface area is 95.6 Å². The van der Waals surface area contributed by atoms with Gasteiger partial charge < -0.3 is 15.6 Å². The van der Waals surface area contributed by atoms with Gasteiger partial charge >= 0.3 is 0 Å². The molecule has 0 amide bonds. The summed E-state index contributed by atoms with van der Waals surface area (Å²) in [6.45, 7) is 5.62. The highest BCUT2D eigenvalue weighted by Crippen LogP contribution is 2.21. The highest BCUT2D eigenvalue weighted by molar-refractivity contribution is 5.53. The summed E-state index contributed by atoms with van der Waals surface area (Å²) >= 11 is 0. The summed E-state index contributed by atoms with van der Waals surface area (Å²) in [6, 6.07) is 5.38. The molecule has 1 aromatic carbocycles. The van der Waals surface area contributed by atoms with Crippen LogP contribution in [0.4, 0.5) is 5.69 Å². The van der Waals surface area contributed by atoms with E-state index in [1.165, 1.54) is 0 Å². The lowest BCUT2D eigenvalue weighted by atomic mass is 10.1. The number of rotatable bonds is 2. The Kier molecular flexibility index (Phi) is 3.31. The molecule has 88 valence electrons. The molecule has 4 nitrogen and oxygen atoms in total. The van der Waals surface area contributed by atoms with Crippen LogP contribution >= 0.6 is 0 Å². The number of morpholine rings is 1. The van der Waals surface area contributed by atoms with E-state index < -0.39 is 0 Å². The van der Waals surface area contributed by atoms with Crippen LogP contribution in [0.1, 0.15) is 12.5 Å². The molecule has 0 aromatic heterocycles. The highest BCUT2D eigenvalue weighted by Gasteiger charge is 2.16. The summed E-state index contributed by atoms with van der Waals surface area (Å²) in [5, 5.41) is 9.33. The zero-order chi connectivity index (χ0) is 11.5. The topological polar surface area (TPSA) is 58.7 Å². The number of anilines is 1. The van der Waals surface area contributed by atoms with E-state index in [-0.39, 0.29) is 5.75 Å². The molecular formula is C12H18N2O2. The quantitative estimate of drug-likeness (QED) is 0.583. The number of benzene rings is 1. The van der Waals surface area contributed by atoms with Crippen LogP contribution in [0.25, 0.3) is 0 Å². The predicted octanol–water partition coefficient (Wildman–Crippen LogP) is 1.20. The van der Waals surface area contributed by atoms with Gasteiger partial charge in [-0.2, -0.15) is 0 Å². The van der Waals surface area contributed by atoms with Gasteiger partial charge in [0.2, 0.25) is 0 Å². The summed E-state index contributed by atoms with van der Waals surface area (Å²) in [5.41, 5.74) is 7.23. The Hall–Kier alpha value is -1.26. The Morgan fingerprint density at radius 2 is 2.38 bits per heavy atom. The average molecular weight is 222 g/mol. The SMILES string of the molecule is CC1CN(Cc2ccc(O)c(N)c2)CCO1. The summed E-state index contributed by atoms with van der Waals surface area (Å²) in [4.78, 5) is 2.33. The third kappa shape index (κ3) is 2.65. The van der Waals surface area contributed by atoms with Crippen molar-refractivity contribution in [3.05, 3.63) is 23.8 Å². The van der Waals surface area contributed by atoms with E-state index in [0.717, 1.165) is 31.8 Å². The van der Waals surface area contributed by atoms with E-state index in [1.807, 2.05) is 12.1 Å². The molecule has 4 heteroatoms. The molecule has 0 radical (unpaired) electrons. The fourth-order valence-corrected chi connectivity index (χ4v) is 1.99. The van der Waals surface area contributed by atoms with Crippen LogP contribution in [-0.2, 0) is 11.3 Å².